The number of ether oxygens (including phenoxy) is 2. The number of hydrogen-bond donors (Lipinski definition) is 3. The highest BCUT2D eigenvalue weighted by Gasteiger charge is 2.45. The molecule has 1 atom stereocenters. The predicted octanol–water partition coefficient (Wildman–Crippen LogP) is 6.68. The Balaban J connectivity index is 1.76. The summed E-state index contributed by atoms with van der Waals surface area (Å²) >= 11 is 0. The largest absolute Gasteiger partial charge is 0.465 e. The predicted molar refractivity (Wildman–Crippen MR) is 166 cm³/mol. The van der Waals surface area contributed by atoms with E-state index in [0.717, 1.165) is 59.0 Å². The summed E-state index contributed by atoms with van der Waals surface area (Å²) in [7, 11) is 1.36. The molecular weight excluding hydrogens is 546 g/mol. The molecule has 0 spiro atoms. The summed E-state index contributed by atoms with van der Waals surface area (Å²) in [5, 5.41) is 17.4. The second kappa shape index (κ2) is 11.7. The Morgan fingerprint density at radius 2 is 1.84 bits per heavy atom. The molecule has 1 saturated carbocycles. The third kappa shape index (κ3) is 5.75. The van der Waals surface area contributed by atoms with Crippen molar-refractivity contribution in [3.05, 3.63) is 53.1 Å². The van der Waals surface area contributed by atoms with Gasteiger partial charge in [-0.1, -0.05) is 43.5 Å². The normalized spacial score (nSPS) is 18.6. The Kier molecular flexibility index (Phi) is 8.31. The van der Waals surface area contributed by atoms with Crippen LogP contribution in [0, 0.1) is 5.41 Å². The van der Waals surface area contributed by atoms with Gasteiger partial charge in [0.1, 0.15) is 5.60 Å². The van der Waals surface area contributed by atoms with Gasteiger partial charge in [0.25, 0.3) is 0 Å². The first-order valence-corrected chi connectivity index (χ1v) is 15.2. The molecule has 9 heteroatoms. The number of amides is 2. The van der Waals surface area contributed by atoms with Crippen molar-refractivity contribution in [2.45, 2.75) is 90.8 Å². The number of anilines is 1. The third-order valence-corrected chi connectivity index (χ3v) is 8.73. The number of fused-ring (bicyclic) bond motifs is 2. The minimum Gasteiger partial charge on any atom is -0.465 e. The number of benzene rings is 2. The van der Waals surface area contributed by atoms with Gasteiger partial charge in [-0.3, -0.25) is 4.79 Å². The van der Waals surface area contributed by atoms with Crippen LogP contribution in [0.1, 0.15) is 100 Å². The van der Waals surface area contributed by atoms with Gasteiger partial charge >= 0.3 is 12.1 Å². The summed E-state index contributed by atoms with van der Waals surface area (Å²) in [6.07, 6.45) is 4.90. The van der Waals surface area contributed by atoms with Crippen molar-refractivity contribution in [2.24, 2.45) is 5.41 Å². The summed E-state index contributed by atoms with van der Waals surface area (Å²) in [6.45, 7) is 9.21. The first-order chi connectivity index (χ1) is 20.4. The third-order valence-electron chi connectivity index (χ3n) is 8.73. The minimum absolute atomic E-state index is 0.111. The van der Waals surface area contributed by atoms with Crippen LogP contribution in [0.15, 0.2) is 36.4 Å². The molecule has 3 N–H and O–H groups in total. The molecule has 5 rings (SSSR count). The molecule has 0 bridgehead atoms. The summed E-state index contributed by atoms with van der Waals surface area (Å²) in [5.74, 6) is -0.370. The van der Waals surface area contributed by atoms with E-state index in [1.54, 1.807) is 26.8 Å². The monoisotopic (exact) mass is 589 g/mol. The highest BCUT2D eigenvalue weighted by atomic mass is 16.6. The van der Waals surface area contributed by atoms with Crippen molar-refractivity contribution in [3.63, 3.8) is 0 Å². The van der Waals surface area contributed by atoms with E-state index in [9.17, 15) is 19.5 Å². The van der Waals surface area contributed by atoms with Crippen molar-refractivity contribution in [1.29, 1.82) is 0 Å². The number of nitrogens with one attached hydrogen (secondary N) is 2. The van der Waals surface area contributed by atoms with Crippen LogP contribution in [-0.4, -0.2) is 47.0 Å². The van der Waals surface area contributed by atoms with Crippen molar-refractivity contribution in [3.8, 4) is 11.3 Å². The molecule has 1 aliphatic carbocycles. The van der Waals surface area contributed by atoms with E-state index in [-0.39, 0.29) is 18.4 Å². The topological polar surface area (TPSA) is 119 Å². The van der Waals surface area contributed by atoms with Crippen LogP contribution in [0.5, 0.6) is 0 Å². The Morgan fingerprint density at radius 1 is 1.12 bits per heavy atom. The van der Waals surface area contributed by atoms with Gasteiger partial charge in [-0.2, -0.15) is 0 Å². The number of hydrogen-bond acceptors (Lipinski definition) is 6. The van der Waals surface area contributed by atoms with Crippen LogP contribution >= 0.6 is 0 Å². The smallest absolute Gasteiger partial charge is 0.408 e. The van der Waals surface area contributed by atoms with Gasteiger partial charge in [0.2, 0.25) is 5.91 Å². The molecule has 230 valence electrons. The van der Waals surface area contributed by atoms with E-state index >= 15 is 0 Å². The molecule has 0 saturated heterocycles. The molecule has 1 aliphatic heterocycles. The molecule has 3 aromatic rings. The zero-order valence-corrected chi connectivity index (χ0v) is 26.0. The molecular formula is C34H43N3O6. The first kappa shape index (κ1) is 30.6. The Bertz CT molecular complexity index is 1560. The van der Waals surface area contributed by atoms with E-state index in [4.69, 9.17) is 9.47 Å². The Labute approximate surface area is 252 Å². The lowest BCUT2D eigenvalue weighted by atomic mass is 9.75. The highest BCUT2D eigenvalue weighted by Crippen LogP contribution is 2.50. The number of methoxy groups -OCH3 is 1. The van der Waals surface area contributed by atoms with Crippen molar-refractivity contribution >= 4 is 34.6 Å². The highest BCUT2D eigenvalue weighted by molar-refractivity contribution is 6.05. The molecule has 9 nitrogen and oxygen atoms in total. The zero-order valence-electron chi connectivity index (χ0n) is 26.0. The second-order valence-corrected chi connectivity index (χ2v) is 13.2. The molecule has 0 radical (unpaired) electrons. The van der Waals surface area contributed by atoms with Gasteiger partial charge in [-0.05, 0) is 76.6 Å². The maximum Gasteiger partial charge on any atom is 0.408 e. The number of rotatable bonds is 6. The van der Waals surface area contributed by atoms with Crippen LogP contribution in [-0.2, 0) is 20.8 Å². The van der Waals surface area contributed by atoms with Crippen molar-refractivity contribution in [1.82, 2.24) is 9.88 Å². The van der Waals surface area contributed by atoms with Crippen LogP contribution in [0.25, 0.3) is 22.2 Å². The van der Waals surface area contributed by atoms with Gasteiger partial charge in [0.05, 0.1) is 42.1 Å². The fourth-order valence-electron chi connectivity index (χ4n) is 6.67. The van der Waals surface area contributed by atoms with Gasteiger partial charge in [-0.15, -0.1) is 0 Å². The number of aromatic nitrogens is 1. The maximum absolute atomic E-state index is 13.7. The summed E-state index contributed by atoms with van der Waals surface area (Å²) < 4.78 is 12.6. The van der Waals surface area contributed by atoms with Gasteiger partial charge < -0.3 is 29.8 Å². The summed E-state index contributed by atoms with van der Waals surface area (Å²) in [6, 6.07) is 10.8. The molecule has 2 aromatic carbocycles. The van der Waals surface area contributed by atoms with Crippen LogP contribution in [0.3, 0.4) is 0 Å². The number of carbonyl (C=O) groups is 3. The van der Waals surface area contributed by atoms with Gasteiger partial charge in [0, 0.05) is 23.0 Å². The van der Waals surface area contributed by atoms with E-state index < -0.39 is 29.1 Å². The summed E-state index contributed by atoms with van der Waals surface area (Å²) in [5.41, 5.74) is 3.88. The first-order valence-electron chi connectivity index (χ1n) is 15.2. The molecule has 1 fully saturated rings. The Morgan fingerprint density at radius 3 is 2.49 bits per heavy atom. The quantitative estimate of drug-likeness (QED) is 0.276. The molecule has 2 amide bonds. The van der Waals surface area contributed by atoms with E-state index in [1.807, 2.05) is 44.2 Å². The van der Waals surface area contributed by atoms with E-state index in [0.29, 0.717) is 17.8 Å². The summed E-state index contributed by atoms with van der Waals surface area (Å²) in [4.78, 5) is 39.2. The van der Waals surface area contributed by atoms with Crippen LogP contribution in [0.2, 0.25) is 0 Å². The molecule has 43 heavy (non-hydrogen) atoms. The number of aliphatic hydroxyl groups is 1. The standard InChI is InChI=1S/C34H43N3O6/c1-33(2,3)43-32(41)36-29-24-14-10-13-23(27(24)35-31(40)34(29,4)5)28-26(20-11-8-7-9-12-20)22-16-15-21(30(39)42-6)19-25(22)37(28)17-18-38/h10,13-16,19-20,29,38H,7-9,11-12,17-18H2,1-6H3,(H,35,40)(H,36,41). The van der Waals surface area contributed by atoms with E-state index in [2.05, 4.69) is 15.2 Å². The molecule has 1 unspecified atom stereocenters. The lowest BCUT2D eigenvalue weighted by molar-refractivity contribution is -0.126. The number of nitrogens with zero attached hydrogens (tertiary/aromatic N) is 1. The number of esters is 1. The molecule has 1 aromatic heterocycles. The molecule has 2 aliphatic rings. The fraction of sp³-hybridized carbons (Fsp3) is 0.500. The number of para-hydroxylation sites is 1. The fourth-order valence-corrected chi connectivity index (χ4v) is 6.67. The average molecular weight is 590 g/mol. The van der Waals surface area contributed by atoms with Gasteiger partial charge in [-0.25, -0.2) is 9.59 Å². The lowest BCUT2D eigenvalue weighted by Crippen LogP contribution is -2.49. The van der Waals surface area contributed by atoms with Crippen LogP contribution < -0.4 is 10.6 Å². The Hall–Kier alpha value is -3.85. The maximum atomic E-state index is 13.7. The number of carbonyl (C=O) groups excluding carboxylic acids is 3. The number of alkyl carbamates (subject to hydrolysis) is 1. The average Bonchev–Trinajstić information content (AvgIpc) is 3.27. The second-order valence-electron chi connectivity index (χ2n) is 13.2. The molecule has 2 heterocycles. The van der Waals surface area contributed by atoms with Gasteiger partial charge in [0.15, 0.2) is 0 Å². The van der Waals surface area contributed by atoms with Crippen LogP contribution in [0.4, 0.5) is 10.5 Å². The van der Waals surface area contributed by atoms with E-state index in [1.165, 1.54) is 13.5 Å². The lowest BCUT2D eigenvalue weighted by Gasteiger charge is -2.40. The minimum atomic E-state index is -0.956. The zero-order chi connectivity index (χ0) is 31.1. The SMILES string of the molecule is COC(=O)c1ccc2c(C3CCCCC3)c(-c3cccc4c3NC(=O)C(C)(C)C4NC(=O)OC(C)(C)C)n(CCO)c2c1. The van der Waals surface area contributed by atoms with Crippen molar-refractivity contribution < 1.29 is 29.0 Å². The number of aliphatic hydroxyl groups excluding tert-OH is 1. The van der Waals surface area contributed by atoms with Crippen molar-refractivity contribution in [2.75, 3.05) is 19.0 Å².